The predicted molar refractivity (Wildman–Crippen MR) is 129 cm³/mol. The highest BCUT2D eigenvalue weighted by Crippen LogP contribution is 2.39. The number of benzene rings is 3. The minimum absolute atomic E-state index is 0.0370. The lowest BCUT2D eigenvalue weighted by molar-refractivity contribution is -0.140. The van der Waals surface area contributed by atoms with Crippen molar-refractivity contribution in [2.24, 2.45) is 0 Å². The van der Waals surface area contributed by atoms with Crippen LogP contribution in [0.3, 0.4) is 0 Å². The highest BCUT2D eigenvalue weighted by atomic mass is 19.1. The lowest BCUT2D eigenvalue weighted by Crippen LogP contribution is -2.32. The molecule has 1 saturated heterocycles. The summed E-state index contributed by atoms with van der Waals surface area (Å²) in [5, 5.41) is 11.1. The number of carbonyl (C=O) groups excluding carboxylic acids is 2. The molecule has 1 atom stereocenters. The van der Waals surface area contributed by atoms with Crippen molar-refractivity contribution >= 4 is 17.4 Å². The number of nitrogens with zero attached hydrogens (tertiary/aromatic N) is 1. The van der Waals surface area contributed by atoms with E-state index in [1.165, 1.54) is 24.1 Å². The SMILES string of the molecule is COCCN1C(=O)C(=O)/C(=C(\O)c2ccc(C)cc2)C1c1ccc(OCc2ccc(F)cc2)cc1. The second kappa shape index (κ2) is 10.5. The fourth-order valence-electron chi connectivity index (χ4n) is 4.01. The molecule has 180 valence electrons. The van der Waals surface area contributed by atoms with E-state index >= 15 is 0 Å². The molecule has 1 amide bonds. The maximum absolute atomic E-state index is 13.1. The summed E-state index contributed by atoms with van der Waals surface area (Å²) in [6.45, 7) is 2.62. The molecule has 35 heavy (non-hydrogen) atoms. The second-order valence-electron chi connectivity index (χ2n) is 8.34. The van der Waals surface area contributed by atoms with Crippen LogP contribution in [0.1, 0.15) is 28.3 Å². The standard InChI is InChI=1S/C28H26FNO5/c1-18-3-7-21(8-4-18)26(31)24-25(30(15-16-34-2)28(33)27(24)32)20-9-13-23(14-10-20)35-17-19-5-11-22(29)12-6-19/h3-14,25,31H,15-17H2,1-2H3/b26-24-. The molecule has 1 fully saturated rings. The van der Waals surface area contributed by atoms with Gasteiger partial charge in [0.25, 0.3) is 11.7 Å². The summed E-state index contributed by atoms with van der Waals surface area (Å²) in [4.78, 5) is 27.3. The number of methoxy groups -OCH3 is 1. The number of carbonyl (C=O) groups is 2. The predicted octanol–water partition coefficient (Wildman–Crippen LogP) is 4.78. The highest BCUT2D eigenvalue weighted by molar-refractivity contribution is 6.46. The van der Waals surface area contributed by atoms with Crippen LogP contribution in [0.5, 0.6) is 5.75 Å². The Kier molecular flexibility index (Phi) is 7.27. The van der Waals surface area contributed by atoms with Gasteiger partial charge in [0, 0.05) is 19.2 Å². The third kappa shape index (κ3) is 5.25. The Morgan fingerprint density at radius 3 is 2.26 bits per heavy atom. The quantitative estimate of drug-likeness (QED) is 0.288. The Morgan fingerprint density at radius 1 is 0.971 bits per heavy atom. The van der Waals surface area contributed by atoms with Gasteiger partial charge in [-0.25, -0.2) is 4.39 Å². The van der Waals surface area contributed by atoms with E-state index in [0.29, 0.717) is 16.9 Å². The van der Waals surface area contributed by atoms with E-state index in [1.54, 1.807) is 48.5 Å². The van der Waals surface area contributed by atoms with Gasteiger partial charge in [0.2, 0.25) is 0 Å². The molecule has 0 saturated carbocycles. The number of aliphatic hydroxyl groups is 1. The fourth-order valence-corrected chi connectivity index (χ4v) is 4.01. The van der Waals surface area contributed by atoms with Crippen LogP contribution in [-0.4, -0.2) is 42.0 Å². The number of Topliss-reactive ketones (excluding diaryl/α,β-unsaturated/α-hetero) is 1. The van der Waals surface area contributed by atoms with Crippen molar-refractivity contribution < 1.29 is 28.6 Å². The molecule has 1 aliphatic rings. The first-order valence-corrected chi connectivity index (χ1v) is 11.2. The third-order valence-corrected chi connectivity index (χ3v) is 5.92. The zero-order valence-corrected chi connectivity index (χ0v) is 19.5. The fraction of sp³-hybridized carbons (Fsp3) is 0.214. The Hall–Kier alpha value is -3.97. The minimum atomic E-state index is -0.766. The average Bonchev–Trinajstić information content (AvgIpc) is 3.12. The topological polar surface area (TPSA) is 76.1 Å². The minimum Gasteiger partial charge on any atom is -0.507 e. The Bertz CT molecular complexity index is 1230. The Balaban J connectivity index is 1.65. The molecule has 4 rings (SSSR count). The van der Waals surface area contributed by atoms with Crippen molar-refractivity contribution in [1.82, 2.24) is 4.90 Å². The van der Waals surface area contributed by atoms with Gasteiger partial charge < -0.3 is 19.5 Å². The molecule has 1 aliphatic heterocycles. The third-order valence-electron chi connectivity index (χ3n) is 5.92. The summed E-state index contributed by atoms with van der Waals surface area (Å²) < 4.78 is 24.0. The molecule has 0 aliphatic carbocycles. The van der Waals surface area contributed by atoms with Crippen LogP contribution in [-0.2, 0) is 20.9 Å². The molecule has 0 radical (unpaired) electrons. The van der Waals surface area contributed by atoms with Gasteiger partial charge in [-0.1, -0.05) is 54.1 Å². The average molecular weight is 476 g/mol. The first kappa shape index (κ1) is 24.2. The molecule has 1 unspecified atom stereocenters. The van der Waals surface area contributed by atoms with Gasteiger partial charge in [-0.05, 0) is 42.3 Å². The van der Waals surface area contributed by atoms with Gasteiger partial charge in [-0.2, -0.15) is 0 Å². The number of ether oxygens (including phenoxy) is 2. The molecule has 0 bridgehead atoms. The lowest BCUT2D eigenvalue weighted by Gasteiger charge is -2.25. The molecular weight excluding hydrogens is 449 g/mol. The van der Waals surface area contributed by atoms with Crippen molar-refractivity contribution in [3.8, 4) is 5.75 Å². The van der Waals surface area contributed by atoms with E-state index in [9.17, 15) is 19.1 Å². The molecule has 7 heteroatoms. The van der Waals surface area contributed by atoms with Crippen molar-refractivity contribution in [2.75, 3.05) is 20.3 Å². The molecule has 3 aromatic rings. The molecule has 0 aromatic heterocycles. The monoisotopic (exact) mass is 475 g/mol. The first-order chi connectivity index (χ1) is 16.9. The van der Waals surface area contributed by atoms with E-state index < -0.39 is 17.7 Å². The lowest BCUT2D eigenvalue weighted by atomic mass is 9.95. The first-order valence-electron chi connectivity index (χ1n) is 11.2. The van der Waals surface area contributed by atoms with Crippen molar-refractivity contribution in [3.05, 3.63) is 106 Å². The van der Waals surface area contributed by atoms with E-state index in [-0.39, 0.29) is 36.9 Å². The molecule has 3 aromatic carbocycles. The van der Waals surface area contributed by atoms with Crippen LogP contribution in [0.25, 0.3) is 5.76 Å². The highest BCUT2D eigenvalue weighted by Gasteiger charge is 2.45. The van der Waals surface area contributed by atoms with Gasteiger partial charge in [0.15, 0.2) is 0 Å². The number of halogens is 1. The molecule has 0 spiro atoms. The summed E-state index contributed by atoms with van der Waals surface area (Å²) in [5.41, 5.74) is 2.99. The maximum atomic E-state index is 13.1. The van der Waals surface area contributed by atoms with Gasteiger partial charge >= 0.3 is 0 Å². The van der Waals surface area contributed by atoms with Gasteiger partial charge in [-0.3, -0.25) is 9.59 Å². The summed E-state index contributed by atoms with van der Waals surface area (Å²) in [7, 11) is 1.52. The van der Waals surface area contributed by atoms with Crippen molar-refractivity contribution in [1.29, 1.82) is 0 Å². The van der Waals surface area contributed by atoms with E-state index in [2.05, 4.69) is 0 Å². The number of aliphatic hydroxyl groups excluding tert-OH is 1. The summed E-state index contributed by atoms with van der Waals surface area (Å²) >= 11 is 0. The van der Waals surface area contributed by atoms with Crippen LogP contribution in [0.4, 0.5) is 4.39 Å². The molecular formula is C28H26FNO5. The summed E-state index contributed by atoms with van der Waals surface area (Å²) in [6, 6.07) is 19.4. The Labute approximate surface area is 203 Å². The van der Waals surface area contributed by atoms with Crippen LogP contribution in [0.2, 0.25) is 0 Å². The number of hydrogen-bond acceptors (Lipinski definition) is 5. The number of amides is 1. The summed E-state index contributed by atoms with van der Waals surface area (Å²) in [5.74, 6) is -1.37. The van der Waals surface area contributed by atoms with E-state index in [4.69, 9.17) is 9.47 Å². The number of rotatable bonds is 8. The zero-order chi connectivity index (χ0) is 24.9. The van der Waals surface area contributed by atoms with E-state index in [1.807, 2.05) is 19.1 Å². The van der Waals surface area contributed by atoms with Crippen molar-refractivity contribution in [3.63, 3.8) is 0 Å². The van der Waals surface area contributed by atoms with Gasteiger partial charge in [0.05, 0.1) is 18.2 Å². The molecule has 6 nitrogen and oxygen atoms in total. The zero-order valence-electron chi connectivity index (χ0n) is 19.5. The van der Waals surface area contributed by atoms with Gasteiger partial charge in [-0.15, -0.1) is 0 Å². The summed E-state index contributed by atoms with van der Waals surface area (Å²) in [6.07, 6.45) is 0. The largest absolute Gasteiger partial charge is 0.507 e. The van der Waals surface area contributed by atoms with Crippen LogP contribution < -0.4 is 4.74 Å². The van der Waals surface area contributed by atoms with Crippen LogP contribution >= 0.6 is 0 Å². The van der Waals surface area contributed by atoms with Crippen molar-refractivity contribution in [2.45, 2.75) is 19.6 Å². The normalized spacial score (nSPS) is 17.1. The maximum Gasteiger partial charge on any atom is 0.295 e. The van der Waals surface area contributed by atoms with E-state index in [0.717, 1.165) is 11.1 Å². The number of hydrogen-bond donors (Lipinski definition) is 1. The van der Waals surface area contributed by atoms with Crippen LogP contribution in [0.15, 0.2) is 78.4 Å². The molecule has 1 N–H and O–H groups in total. The number of likely N-dealkylation sites (tertiary alicyclic amines) is 1. The van der Waals surface area contributed by atoms with Gasteiger partial charge in [0.1, 0.15) is 23.9 Å². The van der Waals surface area contributed by atoms with Crippen LogP contribution in [0, 0.1) is 12.7 Å². The smallest absolute Gasteiger partial charge is 0.295 e. The molecule has 1 heterocycles. The number of aryl methyl sites for hydroxylation is 1. The number of ketones is 1. The Morgan fingerprint density at radius 2 is 1.63 bits per heavy atom. The second-order valence-corrected chi connectivity index (χ2v) is 8.34.